The lowest BCUT2D eigenvalue weighted by Crippen LogP contribution is -2.33. The lowest BCUT2D eigenvalue weighted by molar-refractivity contribution is -0.136. The number of ether oxygens (including phenoxy) is 4. The van der Waals surface area contributed by atoms with Crippen LogP contribution in [0.3, 0.4) is 0 Å². The van der Waals surface area contributed by atoms with Crippen molar-refractivity contribution in [2.45, 2.75) is 13.3 Å². The Morgan fingerprint density at radius 2 is 1.53 bits per heavy atom. The van der Waals surface area contributed by atoms with Gasteiger partial charge in [0.1, 0.15) is 11.4 Å². The summed E-state index contributed by atoms with van der Waals surface area (Å²) in [5.74, 6) is 0.767. The SMILES string of the molecule is COCCCN1C(=O)C(Nc2cc(C)ccc2OC)=C(c2ccc(OC)c(OC)c2)C1=O. The van der Waals surface area contributed by atoms with Crippen LogP contribution in [0.5, 0.6) is 17.2 Å². The van der Waals surface area contributed by atoms with Crippen LogP contribution in [0, 0.1) is 6.92 Å². The number of imide groups is 1. The molecular weight excluding hydrogens is 412 g/mol. The highest BCUT2D eigenvalue weighted by Gasteiger charge is 2.39. The van der Waals surface area contributed by atoms with E-state index in [0.717, 1.165) is 5.56 Å². The van der Waals surface area contributed by atoms with Crippen molar-refractivity contribution in [1.82, 2.24) is 4.90 Å². The van der Waals surface area contributed by atoms with Crippen LogP contribution in [-0.4, -0.2) is 58.3 Å². The number of carbonyl (C=O) groups excluding carboxylic acids is 2. The van der Waals surface area contributed by atoms with Gasteiger partial charge in [-0.15, -0.1) is 0 Å². The molecule has 0 saturated heterocycles. The van der Waals surface area contributed by atoms with Crippen molar-refractivity contribution < 1.29 is 28.5 Å². The van der Waals surface area contributed by atoms with Crippen molar-refractivity contribution in [3.05, 3.63) is 53.2 Å². The van der Waals surface area contributed by atoms with E-state index < -0.39 is 5.91 Å². The Hall–Kier alpha value is -3.52. The van der Waals surface area contributed by atoms with Gasteiger partial charge in [-0.25, -0.2) is 0 Å². The summed E-state index contributed by atoms with van der Waals surface area (Å²) in [5.41, 5.74) is 2.57. The summed E-state index contributed by atoms with van der Waals surface area (Å²) in [6.07, 6.45) is 0.536. The lowest BCUT2D eigenvalue weighted by Gasteiger charge is -2.15. The van der Waals surface area contributed by atoms with Crippen LogP contribution in [0.2, 0.25) is 0 Å². The van der Waals surface area contributed by atoms with Gasteiger partial charge in [-0.3, -0.25) is 14.5 Å². The first-order chi connectivity index (χ1) is 15.4. The Balaban J connectivity index is 2.10. The van der Waals surface area contributed by atoms with Crippen molar-refractivity contribution in [3.63, 3.8) is 0 Å². The molecule has 2 amide bonds. The average Bonchev–Trinajstić information content (AvgIpc) is 3.03. The number of anilines is 1. The molecule has 1 heterocycles. The maximum absolute atomic E-state index is 13.3. The molecule has 0 atom stereocenters. The number of aryl methyl sites for hydroxylation is 1. The van der Waals surface area contributed by atoms with Gasteiger partial charge in [-0.05, 0) is 48.7 Å². The maximum atomic E-state index is 13.3. The first kappa shape index (κ1) is 23.1. The zero-order valence-electron chi connectivity index (χ0n) is 19.0. The van der Waals surface area contributed by atoms with Gasteiger partial charge >= 0.3 is 0 Å². The number of nitrogens with one attached hydrogen (secondary N) is 1. The minimum Gasteiger partial charge on any atom is -0.495 e. The van der Waals surface area contributed by atoms with Gasteiger partial charge in [0.25, 0.3) is 11.8 Å². The third-order valence-electron chi connectivity index (χ3n) is 5.19. The zero-order valence-corrected chi connectivity index (χ0v) is 19.0. The van der Waals surface area contributed by atoms with E-state index in [2.05, 4.69) is 5.32 Å². The molecule has 0 saturated carbocycles. The Kier molecular flexibility index (Phi) is 7.37. The fourth-order valence-corrected chi connectivity index (χ4v) is 3.58. The molecule has 0 fully saturated rings. The van der Waals surface area contributed by atoms with Crippen LogP contribution in [-0.2, 0) is 14.3 Å². The highest BCUT2D eigenvalue weighted by Crippen LogP contribution is 2.37. The summed E-state index contributed by atoms with van der Waals surface area (Å²) >= 11 is 0. The fraction of sp³-hybridized carbons (Fsp3) is 0.333. The van der Waals surface area contributed by atoms with E-state index in [0.29, 0.717) is 41.5 Å². The van der Waals surface area contributed by atoms with Crippen molar-refractivity contribution in [1.29, 1.82) is 0 Å². The van der Waals surface area contributed by atoms with Gasteiger partial charge in [0.15, 0.2) is 11.5 Å². The van der Waals surface area contributed by atoms with Crippen LogP contribution in [0.4, 0.5) is 5.69 Å². The summed E-state index contributed by atoms with van der Waals surface area (Å²) in [4.78, 5) is 27.9. The van der Waals surface area contributed by atoms with Crippen LogP contribution in [0.15, 0.2) is 42.1 Å². The number of amides is 2. The second kappa shape index (κ2) is 10.2. The zero-order chi connectivity index (χ0) is 23.3. The largest absolute Gasteiger partial charge is 0.495 e. The summed E-state index contributed by atoms with van der Waals surface area (Å²) < 4.78 is 21.2. The van der Waals surface area contributed by atoms with Gasteiger partial charge in [0, 0.05) is 20.3 Å². The molecule has 1 aliphatic rings. The van der Waals surface area contributed by atoms with E-state index in [1.54, 1.807) is 32.4 Å². The van der Waals surface area contributed by atoms with Crippen LogP contribution in [0.25, 0.3) is 5.57 Å². The number of rotatable bonds is 10. The standard InChI is InChI=1S/C24H28N2O6/c1-15-7-9-18(30-3)17(13-15)25-22-21(16-8-10-19(31-4)20(14-16)32-5)23(27)26(24(22)28)11-6-12-29-2/h7-10,13-14,25H,6,11-12H2,1-5H3. The fourth-order valence-electron chi connectivity index (χ4n) is 3.58. The number of methoxy groups -OCH3 is 4. The Morgan fingerprint density at radius 3 is 2.19 bits per heavy atom. The molecule has 1 aliphatic heterocycles. The molecule has 0 aliphatic carbocycles. The number of benzene rings is 2. The molecule has 0 unspecified atom stereocenters. The van der Waals surface area contributed by atoms with Gasteiger partial charge < -0.3 is 24.3 Å². The number of hydrogen-bond donors (Lipinski definition) is 1. The summed E-state index contributed by atoms with van der Waals surface area (Å²) in [6, 6.07) is 10.7. The molecule has 1 N–H and O–H groups in total. The van der Waals surface area contributed by atoms with Gasteiger partial charge in [-0.1, -0.05) is 12.1 Å². The maximum Gasteiger partial charge on any atom is 0.278 e. The van der Waals surface area contributed by atoms with E-state index in [1.165, 1.54) is 19.1 Å². The van der Waals surface area contributed by atoms with Crippen molar-refractivity contribution in [3.8, 4) is 17.2 Å². The van der Waals surface area contributed by atoms with Crippen LogP contribution >= 0.6 is 0 Å². The van der Waals surface area contributed by atoms with Crippen molar-refractivity contribution in [2.24, 2.45) is 0 Å². The lowest BCUT2D eigenvalue weighted by atomic mass is 10.0. The third kappa shape index (κ3) is 4.55. The molecule has 0 spiro atoms. The molecule has 3 rings (SSSR count). The van der Waals surface area contributed by atoms with Gasteiger partial charge in [-0.2, -0.15) is 0 Å². The van der Waals surface area contributed by atoms with Gasteiger partial charge in [0.05, 0.1) is 32.6 Å². The van der Waals surface area contributed by atoms with Crippen LogP contribution in [0.1, 0.15) is 17.5 Å². The molecule has 0 aromatic heterocycles. The predicted molar refractivity (Wildman–Crippen MR) is 121 cm³/mol. The number of carbonyl (C=O) groups is 2. The highest BCUT2D eigenvalue weighted by atomic mass is 16.5. The summed E-state index contributed by atoms with van der Waals surface area (Å²) in [7, 11) is 6.19. The van der Waals surface area contributed by atoms with E-state index in [4.69, 9.17) is 18.9 Å². The molecule has 2 aromatic rings. The molecule has 8 nitrogen and oxygen atoms in total. The summed E-state index contributed by atoms with van der Waals surface area (Å²) in [6.45, 7) is 2.63. The first-order valence-electron chi connectivity index (χ1n) is 10.2. The van der Waals surface area contributed by atoms with Crippen molar-refractivity contribution in [2.75, 3.05) is 46.9 Å². The van der Waals surface area contributed by atoms with Crippen molar-refractivity contribution >= 4 is 23.1 Å². The van der Waals surface area contributed by atoms with Gasteiger partial charge in [0.2, 0.25) is 0 Å². The molecule has 2 aromatic carbocycles. The second-order valence-electron chi connectivity index (χ2n) is 7.26. The molecule has 0 bridgehead atoms. The van der Waals surface area contributed by atoms with E-state index >= 15 is 0 Å². The monoisotopic (exact) mass is 440 g/mol. The predicted octanol–water partition coefficient (Wildman–Crippen LogP) is 3.25. The second-order valence-corrected chi connectivity index (χ2v) is 7.26. The first-order valence-corrected chi connectivity index (χ1v) is 10.2. The van der Waals surface area contributed by atoms with Crippen LogP contribution < -0.4 is 19.5 Å². The molecule has 32 heavy (non-hydrogen) atoms. The number of nitrogens with zero attached hydrogens (tertiary/aromatic N) is 1. The highest BCUT2D eigenvalue weighted by molar-refractivity contribution is 6.36. The van der Waals surface area contributed by atoms with E-state index in [9.17, 15) is 9.59 Å². The quantitative estimate of drug-likeness (QED) is 0.448. The molecule has 0 radical (unpaired) electrons. The van der Waals surface area contributed by atoms with E-state index in [-0.39, 0.29) is 23.7 Å². The van der Waals surface area contributed by atoms with E-state index in [1.807, 2.05) is 25.1 Å². The number of hydrogen-bond acceptors (Lipinski definition) is 7. The average molecular weight is 440 g/mol. The third-order valence-corrected chi connectivity index (χ3v) is 5.19. The smallest absolute Gasteiger partial charge is 0.278 e. The normalized spacial score (nSPS) is 13.6. The molecule has 170 valence electrons. The Morgan fingerprint density at radius 1 is 0.844 bits per heavy atom. The Labute approximate surface area is 187 Å². The Bertz CT molecular complexity index is 1050. The minimum atomic E-state index is -0.403. The summed E-state index contributed by atoms with van der Waals surface area (Å²) in [5, 5.41) is 3.16. The molecular formula is C24H28N2O6. The topological polar surface area (TPSA) is 86.3 Å². The minimum absolute atomic E-state index is 0.184. The molecule has 8 heteroatoms.